The average molecular weight is 634 g/mol. The van der Waals surface area contributed by atoms with Gasteiger partial charge in [0.2, 0.25) is 0 Å². The monoisotopic (exact) mass is 633 g/mol. The van der Waals surface area contributed by atoms with E-state index in [9.17, 15) is 27.6 Å². The number of aromatic nitrogens is 4. The highest BCUT2D eigenvalue weighted by atomic mass is 35.5. The Morgan fingerprint density at radius 3 is 2.34 bits per heavy atom. The number of alkyl halides is 3. The molecule has 16 heteroatoms. The number of nitrogens with one attached hydrogen (secondary N) is 1. The van der Waals surface area contributed by atoms with Crippen LogP contribution < -0.4 is 11.1 Å². The minimum atomic E-state index is -4.68. The molecule has 0 bridgehead atoms. The van der Waals surface area contributed by atoms with Crippen LogP contribution in [0.15, 0.2) is 30.6 Å². The van der Waals surface area contributed by atoms with Crippen LogP contribution in [0.4, 0.5) is 23.7 Å². The summed E-state index contributed by atoms with van der Waals surface area (Å²) in [5, 5.41) is 6.52. The Kier molecular flexibility index (Phi) is 7.78. The van der Waals surface area contributed by atoms with E-state index in [1.165, 1.54) is 46.9 Å². The first kappa shape index (κ1) is 29.9. The van der Waals surface area contributed by atoms with E-state index in [1.807, 2.05) is 0 Å². The molecule has 3 aliphatic rings. The predicted molar refractivity (Wildman–Crippen MR) is 154 cm³/mol. The zero-order valence-corrected chi connectivity index (χ0v) is 24.6. The number of hydrogen-bond donors (Lipinski definition) is 2. The quantitative estimate of drug-likeness (QED) is 0.442. The number of hydrogen-bond acceptors (Lipinski definition) is 6. The number of piperazine rings is 1. The van der Waals surface area contributed by atoms with Gasteiger partial charge in [0.25, 0.3) is 11.8 Å². The van der Waals surface area contributed by atoms with Gasteiger partial charge in [-0.2, -0.15) is 18.3 Å². The molecule has 3 aromatic rings. The van der Waals surface area contributed by atoms with Gasteiger partial charge >= 0.3 is 12.2 Å². The average Bonchev–Trinajstić information content (AvgIpc) is 3.38. The number of imidazole rings is 1. The van der Waals surface area contributed by atoms with Gasteiger partial charge < -0.3 is 30.3 Å². The summed E-state index contributed by atoms with van der Waals surface area (Å²) >= 11 is 6.44. The summed E-state index contributed by atoms with van der Waals surface area (Å²) in [5.74, 6) is -1.09. The van der Waals surface area contributed by atoms with E-state index in [0.29, 0.717) is 39.3 Å². The second kappa shape index (κ2) is 11.4. The topological polar surface area (TPSA) is 135 Å². The number of urea groups is 1. The molecule has 0 spiro atoms. The van der Waals surface area contributed by atoms with E-state index in [2.05, 4.69) is 15.4 Å². The van der Waals surface area contributed by atoms with Crippen molar-refractivity contribution in [1.29, 1.82) is 0 Å². The normalized spacial score (nSPS) is 19.0. The maximum absolute atomic E-state index is 13.7. The molecule has 1 unspecified atom stereocenters. The highest BCUT2D eigenvalue weighted by molar-refractivity contribution is 6.34. The van der Waals surface area contributed by atoms with Gasteiger partial charge in [0, 0.05) is 64.2 Å². The lowest BCUT2D eigenvalue weighted by molar-refractivity contribution is -0.141. The third-order valence-corrected chi connectivity index (χ3v) is 8.49. The van der Waals surface area contributed by atoms with Crippen molar-refractivity contribution in [1.82, 2.24) is 34.0 Å². The van der Waals surface area contributed by atoms with Crippen LogP contribution in [0.1, 0.15) is 52.0 Å². The summed E-state index contributed by atoms with van der Waals surface area (Å²) < 4.78 is 43.8. The van der Waals surface area contributed by atoms with Gasteiger partial charge in [0.15, 0.2) is 11.5 Å². The highest BCUT2D eigenvalue weighted by Gasteiger charge is 2.40. The van der Waals surface area contributed by atoms with E-state index in [1.54, 1.807) is 14.7 Å². The fourth-order valence-electron chi connectivity index (χ4n) is 5.57. The second-order valence-corrected chi connectivity index (χ2v) is 11.7. The van der Waals surface area contributed by atoms with Crippen LogP contribution in [0.25, 0.3) is 11.3 Å². The highest BCUT2D eigenvalue weighted by Crippen LogP contribution is 2.41. The maximum Gasteiger partial charge on any atom is 0.435 e. The zero-order chi connectivity index (χ0) is 31.3. The van der Waals surface area contributed by atoms with Gasteiger partial charge in [0.05, 0.1) is 34.1 Å². The van der Waals surface area contributed by atoms with Crippen molar-refractivity contribution < 1.29 is 27.6 Å². The molecule has 234 valence electrons. The Labute approximate surface area is 255 Å². The smallest absolute Gasteiger partial charge is 0.335 e. The Hall–Kier alpha value is -4.11. The molecular formula is C28H31ClF3N9O3. The van der Waals surface area contributed by atoms with Crippen molar-refractivity contribution in [2.75, 3.05) is 44.6 Å². The molecule has 0 radical (unpaired) electrons. The summed E-state index contributed by atoms with van der Waals surface area (Å²) in [6.45, 7) is 2.62. The van der Waals surface area contributed by atoms with Crippen LogP contribution in [0.2, 0.25) is 5.02 Å². The number of carbonyl (C=O) groups is 3. The van der Waals surface area contributed by atoms with E-state index in [0.717, 1.165) is 19.3 Å². The number of nitrogens with zero attached hydrogens (tertiary/aromatic N) is 7. The minimum absolute atomic E-state index is 0.00737. The molecule has 2 aliphatic heterocycles. The van der Waals surface area contributed by atoms with Crippen molar-refractivity contribution in [3.8, 4) is 11.3 Å². The molecule has 44 heavy (non-hydrogen) atoms. The summed E-state index contributed by atoms with van der Waals surface area (Å²) in [6, 6.07) is 4.29. The first-order valence-corrected chi connectivity index (χ1v) is 14.7. The van der Waals surface area contributed by atoms with Crippen LogP contribution in [0, 0.1) is 0 Å². The molecule has 1 aliphatic carbocycles. The van der Waals surface area contributed by atoms with E-state index >= 15 is 0 Å². The Morgan fingerprint density at radius 2 is 1.73 bits per heavy atom. The van der Waals surface area contributed by atoms with Crippen molar-refractivity contribution in [2.45, 2.75) is 37.5 Å². The number of benzene rings is 1. The van der Waals surface area contributed by atoms with Crippen molar-refractivity contribution in [3.63, 3.8) is 0 Å². The SMILES string of the molecule is Cn1c(-c2cn(C3CC3)nc2C(F)(F)F)cnc1C(=O)Nc1ccc(C(=O)N2CCN(C(=O)N3CCC(N)C3)CC2)c(Cl)c1. The molecule has 1 atom stereocenters. The number of carbonyl (C=O) groups excluding carboxylic acids is 3. The van der Waals surface area contributed by atoms with Crippen molar-refractivity contribution >= 4 is 35.1 Å². The van der Waals surface area contributed by atoms with Crippen molar-refractivity contribution in [3.05, 3.63) is 52.7 Å². The van der Waals surface area contributed by atoms with Gasteiger partial charge in [-0.05, 0) is 37.5 Å². The fourth-order valence-corrected chi connectivity index (χ4v) is 5.83. The number of amides is 4. The molecule has 4 amide bonds. The van der Waals surface area contributed by atoms with Crippen molar-refractivity contribution in [2.24, 2.45) is 12.8 Å². The molecular weight excluding hydrogens is 603 g/mol. The molecule has 3 N–H and O–H groups in total. The summed E-state index contributed by atoms with van der Waals surface area (Å²) in [4.78, 5) is 48.1. The van der Waals surface area contributed by atoms with Crippen LogP contribution in [0.3, 0.4) is 0 Å². The zero-order valence-electron chi connectivity index (χ0n) is 23.8. The Balaban J connectivity index is 1.10. The third-order valence-electron chi connectivity index (χ3n) is 8.18. The molecule has 2 saturated heterocycles. The van der Waals surface area contributed by atoms with Gasteiger partial charge in [-0.25, -0.2) is 9.78 Å². The second-order valence-electron chi connectivity index (χ2n) is 11.3. The third kappa shape index (κ3) is 5.85. The molecule has 1 aromatic carbocycles. The maximum atomic E-state index is 13.7. The fraction of sp³-hybridized carbons (Fsp3) is 0.464. The van der Waals surface area contributed by atoms with Crippen LogP contribution in [-0.4, -0.2) is 97.2 Å². The van der Waals surface area contributed by atoms with Gasteiger partial charge in [-0.1, -0.05) is 11.6 Å². The molecule has 6 rings (SSSR count). The van der Waals surface area contributed by atoms with Crippen LogP contribution in [-0.2, 0) is 13.2 Å². The number of halogens is 4. The molecule has 1 saturated carbocycles. The summed E-state index contributed by atoms with van der Waals surface area (Å²) in [6.07, 6.45) is 0.174. The standard InChI is InChI=1S/C28H31ClF3N9O3/c1-37-22(20-15-41(18-3-4-18)36-23(20)28(30,31)32)13-34-24(37)25(42)35-17-2-5-19(21(29)12-17)26(43)38-8-10-39(11-9-38)27(44)40-7-6-16(33)14-40/h2,5,12-13,15-16,18H,3-4,6-11,14,33H2,1H3,(H,35,42). The van der Waals surface area contributed by atoms with Gasteiger partial charge in [-0.15, -0.1) is 0 Å². The lowest BCUT2D eigenvalue weighted by atomic mass is 10.1. The Bertz CT molecular complexity index is 1610. The van der Waals surface area contributed by atoms with Gasteiger partial charge in [-0.3, -0.25) is 14.3 Å². The molecule has 3 fully saturated rings. The number of likely N-dealkylation sites (tertiary alicyclic amines) is 1. The molecule has 2 aromatic heterocycles. The summed E-state index contributed by atoms with van der Waals surface area (Å²) in [7, 11) is 1.45. The number of anilines is 1. The number of nitrogens with two attached hydrogens (primary N) is 1. The number of rotatable bonds is 5. The summed E-state index contributed by atoms with van der Waals surface area (Å²) in [5.41, 5.74) is 5.34. The van der Waals surface area contributed by atoms with Crippen LogP contribution >= 0.6 is 11.6 Å². The van der Waals surface area contributed by atoms with Gasteiger partial charge in [0.1, 0.15) is 0 Å². The lowest BCUT2D eigenvalue weighted by Crippen LogP contribution is -2.54. The first-order chi connectivity index (χ1) is 20.9. The largest absolute Gasteiger partial charge is 0.435 e. The first-order valence-electron chi connectivity index (χ1n) is 14.3. The van der Waals surface area contributed by atoms with E-state index in [-0.39, 0.29) is 57.4 Å². The minimum Gasteiger partial charge on any atom is -0.335 e. The van der Waals surface area contributed by atoms with E-state index < -0.39 is 17.8 Å². The lowest BCUT2D eigenvalue weighted by Gasteiger charge is -2.36. The predicted octanol–water partition coefficient (Wildman–Crippen LogP) is 3.45. The van der Waals surface area contributed by atoms with E-state index in [4.69, 9.17) is 17.3 Å². The molecule has 4 heterocycles. The molecule has 12 nitrogen and oxygen atoms in total. The van der Waals surface area contributed by atoms with Crippen LogP contribution in [0.5, 0.6) is 0 Å². The Morgan fingerprint density at radius 1 is 1.02 bits per heavy atom.